The van der Waals surface area contributed by atoms with Gasteiger partial charge in [-0.1, -0.05) is 12.1 Å². The first-order valence-electron chi connectivity index (χ1n) is 13.0. The van der Waals surface area contributed by atoms with Crippen molar-refractivity contribution >= 4 is 6.08 Å². The van der Waals surface area contributed by atoms with Gasteiger partial charge in [-0.05, 0) is 18.2 Å². The van der Waals surface area contributed by atoms with Crippen molar-refractivity contribution in [2.45, 2.75) is 67.5 Å². The molecule has 10 N–H and O–H groups in total. The first-order chi connectivity index (χ1) is 20.0. The SMILES string of the molecule is OCC1OC(OC2C(OC3=Cc4c(O)cc(O)cc4OC3c3ccc(O)cc3)OC(CO)C(O)C2O)C(O)C(O)C1O. The highest BCUT2D eigenvalue weighted by molar-refractivity contribution is 5.69. The van der Waals surface area contributed by atoms with Gasteiger partial charge in [-0.2, -0.15) is 0 Å². The molecule has 3 aliphatic rings. The number of rotatable bonds is 7. The predicted octanol–water partition coefficient (Wildman–Crippen LogP) is -2.08. The molecule has 0 radical (unpaired) electrons. The zero-order valence-electron chi connectivity index (χ0n) is 21.8. The third kappa shape index (κ3) is 5.71. The van der Waals surface area contributed by atoms with E-state index >= 15 is 0 Å². The van der Waals surface area contributed by atoms with E-state index in [0.717, 1.165) is 6.07 Å². The Kier molecular flexibility index (Phi) is 8.77. The molecule has 2 aromatic rings. The molecule has 15 nitrogen and oxygen atoms in total. The molecule has 11 atom stereocenters. The Morgan fingerprint density at radius 3 is 1.95 bits per heavy atom. The van der Waals surface area contributed by atoms with Crippen LogP contribution in [0.4, 0.5) is 0 Å². The first kappa shape index (κ1) is 30.2. The summed E-state index contributed by atoms with van der Waals surface area (Å²) in [4.78, 5) is 0. The number of aliphatic hydroxyl groups is 7. The highest BCUT2D eigenvalue weighted by atomic mass is 16.8. The van der Waals surface area contributed by atoms with E-state index in [1.54, 1.807) is 0 Å². The summed E-state index contributed by atoms with van der Waals surface area (Å²) in [5.41, 5.74) is 0.549. The normalized spacial score (nSPS) is 36.5. The molecular weight excluding hydrogens is 564 g/mol. The molecule has 0 bridgehead atoms. The van der Waals surface area contributed by atoms with Gasteiger partial charge >= 0.3 is 0 Å². The van der Waals surface area contributed by atoms with Crippen LogP contribution in [-0.4, -0.2) is 126 Å². The number of aromatic hydroxyl groups is 3. The van der Waals surface area contributed by atoms with Crippen molar-refractivity contribution in [3.63, 3.8) is 0 Å². The van der Waals surface area contributed by atoms with Crippen molar-refractivity contribution in [2.75, 3.05) is 13.2 Å². The smallest absolute Gasteiger partial charge is 0.229 e. The van der Waals surface area contributed by atoms with Gasteiger partial charge in [0, 0.05) is 17.7 Å². The average molecular weight is 597 g/mol. The summed E-state index contributed by atoms with van der Waals surface area (Å²) >= 11 is 0. The van der Waals surface area contributed by atoms with Gasteiger partial charge < -0.3 is 74.7 Å². The molecule has 0 aromatic heterocycles. The van der Waals surface area contributed by atoms with Crippen LogP contribution in [0.5, 0.6) is 23.0 Å². The topological polar surface area (TPSA) is 248 Å². The van der Waals surface area contributed by atoms with Gasteiger partial charge in [0.25, 0.3) is 0 Å². The molecule has 0 spiro atoms. The third-order valence-electron chi connectivity index (χ3n) is 7.31. The van der Waals surface area contributed by atoms with Gasteiger partial charge in [-0.3, -0.25) is 0 Å². The fourth-order valence-electron chi connectivity index (χ4n) is 4.99. The molecule has 5 rings (SSSR count). The van der Waals surface area contributed by atoms with Gasteiger partial charge in [0.2, 0.25) is 6.29 Å². The lowest BCUT2D eigenvalue weighted by molar-refractivity contribution is -0.364. The second kappa shape index (κ2) is 12.2. The van der Waals surface area contributed by atoms with Gasteiger partial charge in [0.1, 0.15) is 71.5 Å². The summed E-state index contributed by atoms with van der Waals surface area (Å²) in [6.07, 6.45) is -16.3. The Balaban J connectivity index is 1.50. The Morgan fingerprint density at radius 2 is 1.31 bits per heavy atom. The lowest BCUT2D eigenvalue weighted by Crippen LogP contribution is -2.64. The number of aliphatic hydroxyl groups excluding tert-OH is 7. The minimum Gasteiger partial charge on any atom is -0.508 e. The van der Waals surface area contributed by atoms with Crippen molar-refractivity contribution in [2.24, 2.45) is 0 Å². The van der Waals surface area contributed by atoms with Crippen LogP contribution < -0.4 is 4.74 Å². The molecule has 230 valence electrons. The van der Waals surface area contributed by atoms with E-state index in [1.807, 2.05) is 0 Å². The van der Waals surface area contributed by atoms with Crippen molar-refractivity contribution in [3.05, 3.63) is 53.3 Å². The van der Waals surface area contributed by atoms with E-state index in [9.17, 15) is 51.1 Å². The molecule has 3 aliphatic heterocycles. The highest BCUT2D eigenvalue weighted by Gasteiger charge is 2.52. The maximum Gasteiger partial charge on any atom is 0.229 e. The Hall–Kier alpha value is -3.22. The number of ether oxygens (including phenoxy) is 5. The van der Waals surface area contributed by atoms with Crippen molar-refractivity contribution in [1.29, 1.82) is 0 Å². The molecule has 2 saturated heterocycles. The molecule has 42 heavy (non-hydrogen) atoms. The molecule has 2 fully saturated rings. The molecule has 0 saturated carbocycles. The Morgan fingerprint density at radius 1 is 0.690 bits per heavy atom. The number of fused-ring (bicyclic) bond motifs is 1. The number of phenols is 3. The minimum atomic E-state index is -1.86. The molecule has 2 aromatic carbocycles. The van der Waals surface area contributed by atoms with E-state index in [-0.39, 0.29) is 34.3 Å². The van der Waals surface area contributed by atoms with E-state index in [1.165, 1.54) is 36.4 Å². The van der Waals surface area contributed by atoms with E-state index in [4.69, 9.17) is 23.7 Å². The lowest BCUT2D eigenvalue weighted by Gasteiger charge is -2.46. The summed E-state index contributed by atoms with van der Waals surface area (Å²) in [7, 11) is 0. The van der Waals surface area contributed by atoms with Gasteiger partial charge in [-0.15, -0.1) is 0 Å². The fraction of sp³-hybridized carbons (Fsp3) is 0.481. The monoisotopic (exact) mass is 596 g/mol. The number of hydrogen-bond donors (Lipinski definition) is 10. The standard InChI is InChI=1S/C27H32O15/c28-8-17-19(33)21(35)23(37)26(40-17)42-25-22(36)20(34)18(9-29)41-27(25)39-16-7-13-14(32)5-12(31)6-15(13)38-24(16)10-1-3-11(30)4-2-10/h1-7,17-37H,8-9H2. The van der Waals surface area contributed by atoms with E-state index < -0.39 is 80.7 Å². The summed E-state index contributed by atoms with van der Waals surface area (Å²) in [5, 5.41) is 102. The summed E-state index contributed by atoms with van der Waals surface area (Å²) < 4.78 is 28.9. The first-order valence-corrected chi connectivity index (χ1v) is 13.0. The number of benzene rings is 2. The third-order valence-corrected chi connectivity index (χ3v) is 7.31. The molecule has 15 heteroatoms. The zero-order chi connectivity index (χ0) is 30.3. The van der Waals surface area contributed by atoms with Crippen LogP contribution in [0.3, 0.4) is 0 Å². The minimum absolute atomic E-state index is 0.0387. The summed E-state index contributed by atoms with van der Waals surface area (Å²) in [5.74, 6) is -0.636. The van der Waals surface area contributed by atoms with Crippen LogP contribution in [0.15, 0.2) is 42.2 Å². The number of phenolic OH excluding ortho intramolecular Hbond substituents is 3. The van der Waals surface area contributed by atoms with Crippen molar-refractivity contribution in [1.82, 2.24) is 0 Å². The second-order valence-corrected chi connectivity index (χ2v) is 10.1. The molecule has 0 aliphatic carbocycles. The van der Waals surface area contributed by atoms with Crippen LogP contribution in [0.25, 0.3) is 6.08 Å². The van der Waals surface area contributed by atoms with E-state index in [0.29, 0.717) is 5.56 Å². The van der Waals surface area contributed by atoms with Crippen LogP contribution in [0, 0.1) is 0 Å². The quantitative estimate of drug-likeness (QED) is 0.165. The number of hydrogen-bond acceptors (Lipinski definition) is 15. The van der Waals surface area contributed by atoms with Crippen molar-refractivity contribution < 1.29 is 74.7 Å². The maximum absolute atomic E-state index is 11.0. The van der Waals surface area contributed by atoms with Crippen LogP contribution in [-0.2, 0) is 18.9 Å². The highest BCUT2D eigenvalue weighted by Crippen LogP contribution is 2.45. The van der Waals surface area contributed by atoms with Crippen LogP contribution >= 0.6 is 0 Å². The Bertz CT molecular complexity index is 1270. The summed E-state index contributed by atoms with van der Waals surface area (Å²) in [6, 6.07) is 8.14. The largest absolute Gasteiger partial charge is 0.508 e. The summed E-state index contributed by atoms with van der Waals surface area (Å²) in [6.45, 7) is -1.49. The van der Waals surface area contributed by atoms with Gasteiger partial charge in [-0.25, -0.2) is 0 Å². The molecular formula is C27H32O15. The average Bonchev–Trinajstić information content (AvgIpc) is 2.97. The zero-order valence-corrected chi connectivity index (χ0v) is 21.8. The van der Waals surface area contributed by atoms with Crippen LogP contribution in [0.2, 0.25) is 0 Å². The van der Waals surface area contributed by atoms with E-state index in [2.05, 4.69) is 0 Å². The second-order valence-electron chi connectivity index (χ2n) is 10.1. The molecule has 11 unspecified atom stereocenters. The fourth-order valence-corrected chi connectivity index (χ4v) is 4.99. The lowest BCUT2D eigenvalue weighted by atomic mass is 9.97. The Labute approximate surface area is 238 Å². The molecule has 0 amide bonds. The van der Waals surface area contributed by atoms with Crippen molar-refractivity contribution in [3.8, 4) is 23.0 Å². The van der Waals surface area contributed by atoms with Gasteiger partial charge in [0.05, 0.1) is 18.8 Å². The molecule has 3 heterocycles. The van der Waals surface area contributed by atoms with Gasteiger partial charge in [0.15, 0.2) is 18.5 Å². The predicted molar refractivity (Wildman–Crippen MR) is 137 cm³/mol. The van der Waals surface area contributed by atoms with Crippen LogP contribution in [0.1, 0.15) is 17.2 Å². The maximum atomic E-state index is 11.0.